The number of alkyl halides is 6. The summed E-state index contributed by atoms with van der Waals surface area (Å²) < 4.78 is 91.3. The van der Waals surface area contributed by atoms with Crippen molar-refractivity contribution in [2.24, 2.45) is 0 Å². The SMILES string of the molecule is Cc1sc(-c2ccc(C(=O)O)cc2)cc1C1=C(c2nc(-c3ccc(C(=O)O)cc3)sc2C)C(F)(F)C(F)(F)C1(F)F. The van der Waals surface area contributed by atoms with Gasteiger partial charge in [-0.3, -0.25) is 0 Å². The van der Waals surface area contributed by atoms with Crippen molar-refractivity contribution in [1.82, 2.24) is 4.98 Å². The van der Waals surface area contributed by atoms with E-state index in [1.165, 1.54) is 62.4 Å². The van der Waals surface area contributed by atoms with Gasteiger partial charge in [-0.05, 0) is 55.3 Å². The topological polar surface area (TPSA) is 87.5 Å². The molecule has 0 aliphatic heterocycles. The summed E-state index contributed by atoms with van der Waals surface area (Å²) >= 11 is 1.72. The molecule has 212 valence electrons. The van der Waals surface area contributed by atoms with Gasteiger partial charge in [-0.15, -0.1) is 22.7 Å². The number of carbonyl (C=O) groups is 2. The molecule has 0 saturated carbocycles. The Morgan fingerprint density at radius 1 is 0.707 bits per heavy atom. The highest BCUT2D eigenvalue weighted by Gasteiger charge is 2.80. The molecule has 1 aliphatic rings. The average molecular weight is 610 g/mol. The highest BCUT2D eigenvalue weighted by atomic mass is 32.1. The Kier molecular flexibility index (Phi) is 6.65. The Morgan fingerprint density at radius 2 is 1.20 bits per heavy atom. The third kappa shape index (κ3) is 4.34. The smallest absolute Gasteiger partial charge is 0.380 e. The Morgan fingerprint density at radius 3 is 1.71 bits per heavy atom. The third-order valence-corrected chi connectivity index (χ3v) is 8.80. The largest absolute Gasteiger partial charge is 0.478 e. The molecule has 4 aromatic rings. The van der Waals surface area contributed by atoms with Gasteiger partial charge in [-0.25, -0.2) is 14.6 Å². The second-order valence-corrected chi connectivity index (χ2v) is 11.7. The first kappa shape index (κ1) is 28.6. The molecule has 0 saturated heterocycles. The summed E-state index contributed by atoms with van der Waals surface area (Å²) in [4.78, 5) is 26.7. The predicted octanol–water partition coefficient (Wildman–Crippen LogP) is 8.38. The fourth-order valence-electron chi connectivity index (χ4n) is 4.55. The Bertz CT molecular complexity index is 1610. The molecule has 2 heterocycles. The van der Waals surface area contributed by atoms with Crippen LogP contribution in [0.15, 0.2) is 54.6 Å². The zero-order valence-electron chi connectivity index (χ0n) is 20.9. The number of aromatic carboxylic acids is 2. The van der Waals surface area contributed by atoms with Gasteiger partial charge >= 0.3 is 29.7 Å². The van der Waals surface area contributed by atoms with Crippen molar-refractivity contribution in [1.29, 1.82) is 0 Å². The molecular formula is C28H17F6NO4S2. The highest BCUT2D eigenvalue weighted by molar-refractivity contribution is 7.16. The Hall–Kier alpha value is -3.97. The molecule has 5 rings (SSSR count). The lowest BCUT2D eigenvalue weighted by atomic mass is 9.97. The van der Waals surface area contributed by atoms with E-state index >= 15 is 17.6 Å². The fraction of sp³-hybridized carbons (Fsp3) is 0.179. The monoisotopic (exact) mass is 609 g/mol. The van der Waals surface area contributed by atoms with E-state index in [0.29, 0.717) is 5.56 Å². The first-order valence-electron chi connectivity index (χ1n) is 11.7. The first-order valence-corrected chi connectivity index (χ1v) is 13.4. The molecule has 13 heteroatoms. The third-order valence-electron chi connectivity index (χ3n) is 6.68. The summed E-state index contributed by atoms with van der Waals surface area (Å²) in [6, 6.07) is 11.6. The molecule has 2 N–H and O–H groups in total. The van der Waals surface area contributed by atoms with Gasteiger partial charge in [0.1, 0.15) is 5.01 Å². The van der Waals surface area contributed by atoms with Crippen LogP contribution in [0.4, 0.5) is 26.3 Å². The standard InChI is InChI=1S/C28H17F6NO4S2/c1-12-18(11-19(40-12)14-3-7-16(8-4-14)24(36)37)20-21(27(31,32)28(33,34)26(20,29)30)22-13(2)41-23(35-22)15-5-9-17(10-6-15)25(38)39/h3-11H,1-2H3,(H,36,37)(H,38,39). The number of thiazole rings is 1. The molecule has 5 nitrogen and oxygen atoms in total. The lowest BCUT2D eigenvalue weighted by Gasteiger charge is -2.25. The summed E-state index contributed by atoms with van der Waals surface area (Å²) in [6.45, 7) is 2.64. The molecule has 0 amide bonds. The number of carboxylic acid groups (broad SMARTS) is 2. The number of aromatic nitrogens is 1. The zero-order valence-corrected chi connectivity index (χ0v) is 22.6. The van der Waals surface area contributed by atoms with Gasteiger partial charge in [-0.1, -0.05) is 24.3 Å². The number of rotatable bonds is 6. The number of halogens is 6. The van der Waals surface area contributed by atoms with Crippen LogP contribution in [0.1, 0.15) is 41.7 Å². The maximum Gasteiger partial charge on any atom is 0.380 e. The molecule has 0 unspecified atom stereocenters. The maximum atomic E-state index is 15.4. The second-order valence-electron chi connectivity index (χ2n) is 9.24. The summed E-state index contributed by atoms with van der Waals surface area (Å²) in [5, 5.41) is 18.3. The molecule has 0 spiro atoms. The van der Waals surface area contributed by atoms with Crippen LogP contribution in [0.5, 0.6) is 0 Å². The van der Waals surface area contributed by atoms with Gasteiger partial charge in [0.25, 0.3) is 0 Å². The highest BCUT2D eigenvalue weighted by Crippen LogP contribution is 2.65. The van der Waals surface area contributed by atoms with E-state index in [1.807, 2.05) is 0 Å². The summed E-state index contributed by atoms with van der Waals surface area (Å²) in [6.07, 6.45) is 0. The quantitative estimate of drug-likeness (QED) is 0.215. The number of nitrogens with zero attached hydrogens (tertiary/aromatic N) is 1. The fourth-order valence-corrected chi connectivity index (χ4v) is 6.51. The first-order chi connectivity index (χ1) is 19.1. The molecule has 2 aromatic carbocycles. The van der Waals surface area contributed by atoms with Crippen LogP contribution in [0.3, 0.4) is 0 Å². The van der Waals surface area contributed by atoms with Crippen molar-refractivity contribution in [2.45, 2.75) is 31.6 Å². The summed E-state index contributed by atoms with van der Waals surface area (Å²) in [7, 11) is 0. The van der Waals surface area contributed by atoms with Crippen LogP contribution in [0.2, 0.25) is 0 Å². The molecule has 0 atom stereocenters. The van der Waals surface area contributed by atoms with Gasteiger partial charge in [-0.2, -0.15) is 26.3 Å². The van der Waals surface area contributed by atoms with Gasteiger partial charge in [0.2, 0.25) is 0 Å². The lowest BCUT2D eigenvalue weighted by Crippen LogP contribution is -2.49. The predicted molar refractivity (Wildman–Crippen MR) is 142 cm³/mol. The van der Waals surface area contributed by atoms with Crippen molar-refractivity contribution < 1.29 is 46.1 Å². The summed E-state index contributed by atoms with van der Waals surface area (Å²) in [5.41, 5.74) is -3.75. The number of benzene rings is 2. The van der Waals surface area contributed by atoms with E-state index in [0.717, 1.165) is 28.7 Å². The van der Waals surface area contributed by atoms with Crippen molar-refractivity contribution in [2.75, 3.05) is 0 Å². The van der Waals surface area contributed by atoms with Crippen molar-refractivity contribution in [3.05, 3.63) is 86.7 Å². The Balaban J connectivity index is 1.70. The molecular weight excluding hydrogens is 592 g/mol. The number of hydrogen-bond acceptors (Lipinski definition) is 5. The molecule has 0 bridgehead atoms. The van der Waals surface area contributed by atoms with Crippen LogP contribution in [0, 0.1) is 13.8 Å². The van der Waals surface area contributed by atoms with Gasteiger partial charge in [0.05, 0.1) is 22.4 Å². The van der Waals surface area contributed by atoms with E-state index < -0.39 is 52.1 Å². The number of hydrogen-bond donors (Lipinski definition) is 2. The molecule has 0 fully saturated rings. The minimum atomic E-state index is -5.76. The van der Waals surface area contributed by atoms with E-state index in [4.69, 9.17) is 10.2 Å². The van der Waals surface area contributed by atoms with Crippen molar-refractivity contribution >= 4 is 45.8 Å². The number of aryl methyl sites for hydroxylation is 2. The lowest BCUT2D eigenvalue weighted by molar-refractivity contribution is -0.254. The van der Waals surface area contributed by atoms with Crippen LogP contribution < -0.4 is 0 Å². The molecule has 41 heavy (non-hydrogen) atoms. The van der Waals surface area contributed by atoms with Crippen LogP contribution in [-0.4, -0.2) is 44.9 Å². The maximum absolute atomic E-state index is 15.4. The minimum absolute atomic E-state index is 0.0136. The van der Waals surface area contributed by atoms with Crippen molar-refractivity contribution in [3.63, 3.8) is 0 Å². The molecule has 2 aromatic heterocycles. The number of thiophene rings is 1. The van der Waals surface area contributed by atoms with Crippen LogP contribution in [-0.2, 0) is 0 Å². The van der Waals surface area contributed by atoms with E-state index in [9.17, 15) is 18.4 Å². The van der Waals surface area contributed by atoms with Crippen molar-refractivity contribution in [3.8, 4) is 21.0 Å². The molecule has 0 radical (unpaired) electrons. The Labute approximate surface area is 236 Å². The van der Waals surface area contributed by atoms with E-state index in [2.05, 4.69) is 4.98 Å². The van der Waals surface area contributed by atoms with Gasteiger partial charge < -0.3 is 10.2 Å². The van der Waals surface area contributed by atoms with E-state index in [-0.39, 0.29) is 36.3 Å². The second kappa shape index (κ2) is 9.55. The van der Waals surface area contributed by atoms with Gasteiger partial charge in [0, 0.05) is 25.8 Å². The average Bonchev–Trinajstić information content (AvgIpc) is 3.51. The zero-order chi connectivity index (χ0) is 30.1. The normalized spacial score (nSPS) is 17.2. The number of allylic oxidation sites excluding steroid dienone is 2. The minimum Gasteiger partial charge on any atom is -0.478 e. The van der Waals surface area contributed by atoms with E-state index in [1.54, 1.807) is 0 Å². The van der Waals surface area contributed by atoms with Crippen LogP contribution in [0.25, 0.3) is 32.2 Å². The van der Waals surface area contributed by atoms with Gasteiger partial charge in [0.15, 0.2) is 0 Å². The summed E-state index contributed by atoms with van der Waals surface area (Å²) in [5.74, 6) is -18.7. The molecule has 1 aliphatic carbocycles. The van der Waals surface area contributed by atoms with Crippen LogP contribution >= 0.6 is 22.7 Å². The number of carboxylic acids is 2.